The summed E-state index contributed by atoms with van der Waals surface area (Å²) in [6.07, 6.45) is 4.56. The van der Waals surface area contributed by atoms with E-state index in [1.165, 1.54) is 11.6 Å². The van der Waals surface area contributed by atoms with Crippen molar-refractivity contribution in [1.82, 2.24) is 9.88 Å². The summed E-state index contributed by atoms with van der Waals surface area (Å²) in [7, 11) is 1.63. The number of hydrogen-bond donors (Lipinski definition) is 1. The van der Waals surface area contributed by atoms with Gasteiger partial charge in [0.1, 0.15) is 5.56 Å². The highest BCUT2D eigenvalue weighted by atomic mass is 16.5. The maximum absolute atomic E-state index is 12.6. The van der Waals surface area contributed by atoms with Gasteiger partial charge in [0.25, 0.3) is 5.91 Å². The maximum Gasteiger partial charge on any atom is 0.256 e. The van der Waals surface area contributed by atoms with Crippen molar-refractivity contribution < 1.29 is 9.53 Å². The second-order valence-corrected chi connectivity index (χ2v) is 6.97. The predicted molar refractivity (Wildman–Crippen MR) is 102 cm³/mol. The Morgan fingerprint density at radius 1 is 1.27 bits per heavy atom. The number of pyridine rings is 1. The topological polar surface area (TPSA) is 60.3 Å². The first kappa shape index (κ1) is 18.4. The van der Waals surface area contributed by atoms with E-state index in [-0.39, 0.29) is 22.9 Å². The van der Waals surface area contributed by atoms with Gasteiger partial charge in [0, 0.05) is 37.7 Å². The van der Waals surface area contributed by atoms with Crippen molar-refractivity contribution in [3.8, 4) is 0 Å². The Kier molecular flexibility index (Phi) is 5.89. The van der Waals surface area contributed by atoms with Gasteiger partial charge in [0.2, 0.25) is 0 Å². The van der Waals surface area contributed by atoms with Crippen molar-refractivity contribution in [3.63, 3.8) is 0 Å². The number of nitrogens with one attached hydrogen (secondary N) is 1. The first-order valence-corrected chi connectivity index (χ1v) is 9.14. The number of hydrogen-bond acceptors (Lipinski definition) is 3. The molecule has 0 bridgehead atoms. The molecule has 2 atom stereocenters. The zero-order chi connectivity index (χ0) is 18.5. The SMILES string of the molecule is COCCn1cc(C(=O)NC2CCC(c3ccccc3)C2)c(=O)cc1C. The first-order chi connectivity index (χ1) is 12.6. The molecule has 1 aliphatic carbocycles. The van der Waals surface area contributed by atoms with Gasteiger partial charge in [0.15, 0.2) is 5.43 Å². The molecule has 0 saturated heterocycles. The van der Waals surface area contributed by atoms with Crippen molar-refractivity contribution in [3.05, 3.63) is 69.6 Å². The van der Waals surface area contributed by atoms with E-state index in [0.29, 0.717) is 19.1 Å². The lowest BCUT2D eigenvalue weighted by atomic mass is 9.98. The lowest BCUT2D eigenvalue weighted by molar-refractivity contribution is 0.0935. The van der Waals surface area contributed by atoms with Crippen LogP contribution in [0.2, 0.25) is 0 Å². The molecule has 1 amide bonds. The third-order valence-corrected chi connectivity index (χ3v) is 5.16. The predicted octanol–water partition coefficient (Wildman–Crippen LogP) is 2.87. The molecule has 2 unspecified atom stereocenters. The van der Waals surface area contributed by atoms with Gasteiger partial charge in [-0.25, -0.2) is 0 Å². The molecule has 3 rings (SSSR count). The molecule has 0 radical (unpaired) electrons. The van der Waals surface area contributed by atoms with E-state index < -0.39 is 0 Å². The second kappa shape index (κ2) is 8.32. The number of carbonyl (C=O) groups is 1. The molecular formula is C21H26N2O3. The van der Waals surface area contributed by atoms with Gasteiger partial charge in [-0.15, -0.1) is 0 Å². The smallest absolute Gasteiger partial charge is 0.256 e. The molecule has 1 N–H and O–H groups in total. The molecule has 1 aromatic carbocycles. The Morgan fingerprint density at radius 2 is 2.04 bits per heavy atom. The molecule has 5 nitrogen and oxygen atoms in total. The van der Waals surface area contributed by atoms with Crippen LogP contribution < -0.4 is 10.7 Å². The van der Waals surface area contributed by atoms with Crippen LogP contribution in [-0.4, -0.2) is 30.2 Å². The summed E-state index contributed by atoms with van der Waals surface area (Å²) in [6, 6.07) is 12.0. The Balaban J connectivity index is 1.68. The van der Waals surface area contributed by atoms with Crippen molar-refractivity contribution in [1.29, 1.82) is 0 Å². The minimum Gasteiger partial charge on any atom is -0.383 e. The molecule has 0 spiro atoms. The van der Waals surface area contributed by atoms with Gasteiger partial charge in [-0.2, -0.15) is 0 Å². The van der Waals surface area contributed by atoms with E-state index in [4.69, 9.17) is 4.74 Å². The highest BCUT2D eigenvalue weighted by Gasteiger charge is 2.27. The van der Waals surface area contributed by atoms with Gasteiger partial charge in [0.05, 0.1) is 6.61 Å². The summed E-state index contributed by atoms with van der Waals surface area (Å²) in [5.74, 6) is 0.192. The van der Waals surface area contributed by atoms with E-state index in [1.54, 1.807) is 13.3 Å². The molecule has 1 aromatic heterocycles. The second-order valence-electron chi connectivity index (χ2n) is 6.97. The van der Waals surface area contributed by atoms with E-state index in [2.05, 4.69) is 29.6 Å². The average Bonchev–Trinajstić information content (AvgIpc) is 3.10. The zero-order valence-corrected chi connectivity index (χ0v) is 15.4. The Morgan fingerprint density at radius 3 is 2.77 bits per heavy atom. The van der Waals surface area contributed by atoms with E-state index in [9.17, 15) is 9.59 Å². The Labute approximate surface area is 154 Å². The molecule has 0 aliphatic heterocycles. The zero-order valence-electron chi connectivity index (χ0n) is 15.4. The van der Waals surface area contributed by atoms with Gasteiger partial charge in [-0.1, -0.05) is 30.3 Å². The lowest BCUT2D eigenvalue weighted by Crippen LogP contribution is -2.36. The fraction of sp³-hybridized carbons (Fsp3) is 0.429. The van der Waals surface area contributed by atoms with Crippen molar-refractivity contribution in [2.24, 2.45) is 0 Å². The summed E-state index contributed by atoms with van der Waals surface area (Å²) < 4.78 is 6.98. The summed E-state index contributed by atoms with van der Waals surface area (Å²) in [5.41, 5.74) is 2.12. The summed E-state index contributed by atoms with van der Waals surface area (Å²) in [4.78, 5) is 24.9. The molecular weight excluding hydrogens is 328 g/mol. The monoisotopic (exact) mass is 354 g/mol. The fourth-order valence-corrected chi connectivity index (χ4v) is 3.68. The summed E-state index contributed by atoms with van der Waals surface area (Å²) in [6.45, 7) is 3.01. The van der Waals surface area contributed by atoms with Gasteiger partial charge in [-0.05, 0) is 37.7 Å². The number of amides is 1. The van der Waals surface area contributed by atoms with Crippen LogP contribution in [0.5, 0.6) is 0 Å². The van der Waals surface area contributed by atoms with Crippen LogP contribution in [0.3, 0.4) is 0 Å². The van der Waals surface area contributed by atoms with Gasteiger partial charge < -0.3 is 14.6 Å². The molecule has 138 valence electrons. The van der Waals surface area contributed by atoms with Crippen LogP contribution in [0.1, 0.15) is 46.8 Å². The van der Waals surface area contributed by atoms with E-state index in [0.717, 1.165) is 25.0 Å². The molecule has 1 saturated carbocycles. The quantitative estimate of drug-likeness (QED) is 0.868. The normalized spacial score (nSPS) is 19.5. The van der Waals surface area contributed by atoms with Crippen LogP contribution in [0, 0.1) is 6.92 Å². The number of methoxy groups -OCH3 is 1. The maximum atomic E-state index is 12.6. The Hall–Kier alpha value is -2.40. The third-order valence-electron chi connectivity index (χ3n) is 5.16. The molecule has 26 heavy (non-hydrogen) atoms. The number of ether oxygens (including phenoxy) is 1. The highest BCUT2D eigenvalue weighted by molar-refractivity contribution is 5.94. The van der Waals surface area contributed by atoms with Crippen molar-refractivity contribution in [2.75, 3.05) is 13.7 Å². The van der Waals surface area contributed by atoms with Crippen molar-refractivity contribution >= 4 is 5.91 Å². The van der Waals surface area contributed by atoms with Crippen LogP contribution in [0.4, 0.5) is 0 Å². The van der Waals surface area contributed by atoms with E-state index in [1.807, 2.05) is 17.6 Å². The molecule has 5 heteroatoms. The van der Waals surface area contributed by atoms with E-state index >= 15 is 0 Å². The standard InChI is InChI=1S/C21H26N2O3/c1-15-12-20(24)19(14-23(15)10-11-26-2)21(25)22-18-9-8-17(13-18)16-6-4-3-5-7-16/h3-7,12,14,17-18H,8-11,13H2,1-2H3,(H,22,25). The molecule has 2 aromatic rings. The average molecular weight is 354 g/mol. The molecule has 1 aliphatic rings. The van der Waals surface area contributed by atoms with Crippen LogP contribution in [0.25, 0.3) is 0 Å². The number of rotatable bonds is 6. The number of carbonyl (C=O) groups excluding carboxylic acids is 1. The number of aromatic nitrogens is 1. The Bertz CT molecular complexity index is 814. The number of benzene rings is 1. The van der Waals surface area contributed by atoms with Gasteiger partial charge in [-0.3, -0.25) is 9.59 Å². The van der Waals surface area contributed by atoms with Crippen molar-refractivity contribution in [2.45, 2.75) is 44.7 Å². The van der Waals surface area contributed by atoms with Crippen LogP contribution in [-0.2, 0) is 11.3 Å². The fourth-order valence-electron chi connectivity index (χ4n) is 3.68. The minimum atomic E-state index is -0.278. The summed E-state index contributed by atoms with van der Waals surface area (Å²) in [5, 5.41) is 3.05. The number of aryl methyl sites for hydroxylation is 1. The summed E-state index contributed by atoms with van der Waals surface area (Å²) >= 11 is 0. The lowest BCUT2D eigenvalue weighted by Gasteiger charge is -2.15. The third kappa shape index (κ3) is 4.22. The number of nitrogens with zero attached hydrogens (tertiary/aromatic N) is 1. The minimum absolute atomic E-state index is 0.112. The molecule has 1 fully saturated rings. The highest BCUT2D eigenvalue weighted by Crippen LogP contribution is 2.34. The largest absolute Gasteiger partial charge is 0.383 e. The molecule has 1 heterocycles. The van der Waals surface area contributed by atoms with Crippen LogP contribution >= 0.6 is 0 Å². The first-order valence-electron chi connectivity index (χ1n) is 9.14. The van der Waals surface area contributed by atoms with Crippen LogP contribution in [0.15, 0.2) is 47.4 Å². The van der Waals surface area contributed by atoms with Gasteiger partial charge >= 0.3 is 0 Å².